The van der Waals surface area contributed by atoms with Crippen molar-refractivity contribution in [3.8, 4) is 11.9 Å². The van der Waals surface area contributed by atoms with Gasteiger partial charge >= 0.3 is 12.1 Å². The summed E-state index contributed by atoms with van der Waals surface area (Å²) in [6.07, 6.45) is -1.79. The van der Waals surface area contributed by atoms with Crippen molar-refractivity contribution in [1.82, 2.24) is 14.8 Å². The molecule has 0 atom stereocenters. The monoisotopic (exact) mass is 338 g/mol. The number of nitriles is 1. The lowest BCUT2D eigenvalue weighted by atomic mass is 10.2. The molecule has 24 heavy (non-hydrogen) atoms. The van der Waals surface area contributed by atoms with Gasteiger partial charge in [-0.1, -0.05) is 0 Å². The quantitative estimate of drug-likeness (QED) is 0.618. The molecular formula is C15H13F3N4O2. The van der Waals surface area contributed by atoms with E-state index in [1.54, 1.807) is 6.92 Å². The minimum Gasteiger partial charge on any atom is -0.462 e. The van der Waals surface area contributed by atoms with E-state index in [0.29, 0.717) is 18.3 Å². The Morgan fingerprint density at radius 3 is 2.71 bits per heavy atom. The molecule has 0 N–H and O–H groups in total. The van der Waals surface area contributed by atoms with Gasteiger partial charge in [-0.3, -0.25) is 0 Å². The van der Waals surface area contributed by atoms with Crippen molar-refractivity contribution in [2.75, 3.05) is 6.61 Å². The maximum absolute atomic E-state index is 12.5. The Morgan fingerprint density at radius 2 is 2.12 bits per heavy atom. The van der Waals surface area contributed by atoms with Crippen molar-refractivity contribution < 1.29 is 22.7 Å². The van der Waals surface area contributed by atoms with E-state index in [4.69, 9.17) is 10.00 Å². The molecule has 2 heterocycles. The number of carbonyl (C=O) groups excluding carboxylic acids is 1. The molecular weight excluding hydrogens is 325 g/mol. The van der Waals surface area contributed by atoms with Gasteiger partial charge in [0.05, 0.1) is 30.1 Å². The Kier molecular flexibility index (Phi) is 5.18. The molecule has 0 aliphatic carbocycles. The number of rotatable bonds is 5. The Balaban J connectivity index is 2.15. The Hall–Kier alpha value is -2.89. The Morgan fingerprint density at radius 1 is 1.38 bits per heavy atom. The normalized spacial score (nSPS) is 11.1. The summed E-state index contributed by atoms with van der Waals surface area (Å²) in [7, 11) is 0. The van der Waals surface area contributed by atoms with E-state index in [1.807, 2.05) is 6.07 Å². The molecule has 0 radical (unpaired) electrons. The predicted octanol–water partition coefficient (Wildman–Crippen LogP) is 3.06. The third-order valence-corrected chi connectivity index (χ3v) is 3.19. The number of alkyl halides is 3. The van der Waals surface area contributed by atoms with Crippen LogP contribution in [0.15, 0.2) is 24.5 Å². The van der Waals surface area contributed by atoms with Crippen LogP contribution in [0.3, 0.4) is 0 Å². The predicted molar refractivity (Wildman–Crippen MR) is 76.2 cm³/mol. The largest absolute Gasteiger partial charge is 0.462 e. The van der Waals surface area contributed by atoms with Crippen LogP contribution in [0.5, 0.6) is 0 Å². The number of hydrogen-bond donors (Lipinski definition) is 0. The second-order valence-electron chi connectivity index (χ2n) is 4.86. The minimum absolute atomic E-state index is 0.107. The molecule has 0 amide bonds. The molecule has 0 saturated heterocycles. The third-order valence-electron chi connectivity index (χ3n) is 3.19. The van der Waals surface area contributed by atoms with Crippen molar-refractivity contribution in [1.29, 1.82) is 5.26 Å². The first-order valence-electron chi connectivity index (χ1n) is 6.97. The van der Waals surface area contributed by atoms with Gasteiger partial charge in [0.2, 0.25) is 0 Å². The molecule has 0 spiro atoms. The van der Waals surface area contributed by atoms with Crippen molar-refractivity contribution in [2.45, 2.75) is 25.9 Å². The highest BCUT2D eigenvalue weighted by molar-refractivity contribution is 5.90. The maximum atomic E-state index is 12.5. The lowest BCUT2D eigenvalue weighted by molar-refractivity contribution is -0.137. The summed E-state index contributed by atoms with van der Waals surface area (Å²) >= 11 is 0. The van der Waals surface area contributed by atoms with E-state index >= 15 is 0 Å². The summed E-state index contributed by atoms with van der Waals surface area (Å²) in [5.74, 6) is -0.451. The van der Waals surface area contributed by atoms with E-state index < -0.39 is 17.7 Å². The van der Waals surface area contributed by atoms with Crippen LogP contribution in [0.1, 0.15) is 34.5 Å². The molecule has 0 bridgehead atoms. The number of ether oxygens (including phenoxy) is 1. The van der Waals surface area contributed by atoms with Gasteiger partial charge in [0.25, 0.3) is 0 Å². The molecule has 0 aliphatic rings. The first-order chi connectivity index (χ1) is 11.3. The first kappa shape index (κ1) is 17.5. The van der Waals surface area contributed by atoms with Crippen molar-refractivity contribution in [3.63, 3.8) is 0 Å². The summed E-state index contributed by atoms with van der Waals surface area (Å²) in [6, 6.07) is 4.00. The number of unbranched alkanes of at least 4 members (excludes halogenated alkanes) is 1. The molecule has 2 rings (SSSR count). The molecule has 0 aliphatic heterocycles. The van der Waals surface area contributed by atoms with Gasteiger partial charge in [-0.25, -0.2) is 14.5 Å². The van der Waals surface area contributed by atoms with E-state index in [-0.39, 0.29) is 24.4 Å². The molecule has 0 saturated carbocycles. The highest BCUT2D eigenvalue weighted by Crippen LogP contribution is 2.28. The fraction of sp³-hybridized carbons (Fsp3) is 0.333. The summed E-state index contributed by atoms with van der Waals surface area (Å²) in [5.41, 5.74) is -0.283. The van der Waals surface area contributed by atoms with Gasteiger partial charge in [-0.2, -0.15) is 23.5 Å². The van der Waals surface area contributed by atoms with Gasteiger partial charge < -0.3 is 4.74 Å². The van der Waals surface area contributed by atoms with Gasteiger partial charge in [-0.15, -0.1) is 0 Å². The van der Waals surface area contributed by atoms with Crippen LogP contribution >= 0.6 is 0 Å². The van der Waals surface area contributed by atoms with Crippen LogP contribution in [0.4, 0.5) is 13.2 Å². The molecule has 2 aromatic rings. The summed E-state index contributed by atoms with van der Waals surface area (Å²) in [4.78, 5) is 15.7. The van der Waals surface area contributed by atoms with Crippen molar-refractivity contribution >= 4 is 5.97 Å². The van der Waals surface area contributed by atoms with Crippen molar-refractivity contribution in [2.24, 2.45) is 0 Å². The summed E-state index contributed by atoms with van der Waals surface area (Å²) in [6.45, 7) is 1.69. The van der Waals surface area contributed by atoms with Gasteiger partial charge in [-0.05, 0) is 25.5 Å². The molecule has 6 nitrogen and oxygen atoms in total. The minimum atomic E-state index is -4.47. The summed E-state index contributed by atoms with van der Waals surface area (Å²) < 4.78 is 43.9. The molecule has 0 aromatic carbocycles. The number of carbonyl (C=O) groups is 1. The van der Waals surface area contributed by atoms with Crippen LogP contribution in [0.25, 0.3) is 5.82 Å². The van der Waals surface area contributed by atoms with Crippen molar-refractivity contribution in [3.05, 3.63) is 41.3 Å². The lowest BCUT2D eigenvalue weighted by Gasteiger charge is -2.08. The van der Waals surface area contributed by atoms with Gasteiger partial charge in [0, 0.05) is 12.6 Å². The van der Waals surface area contributed by atoms with Crippen LogP contribution in [0, 0.1) is 18.3 Å². The maximum Gasteiger partial charge on any atom is 0.417 e. The second kappa shape index (κ2) is 7.12. The number of halogens is 3. The summed E-state index contributed by atoms with van der Waals surface area (Å²) in [5, 5.41) is 12.4. The highest BCUT2D eigenvalue weighted by Gasteiger charge is 2.30. The molecule has 126 valence electrons. The zero-order chi connectivity index (χ0) is 17.7. The fourth-order valence-corrected chi connectivity index (χ4v) is 1.91. The number of nitrogens with zero attached hydrogens (tertiary/aromatic N) is 4. The number of aromatic nitrogens is 3. The van der Waals surface area contributed by atoms with E-state index in [1.165, 1.54) is 16.9 Å². The molecule has 0 unspecified atom stereocenters. The van der Waals surface area contributed by atoms with E-state index in [9.17, 15) is 18.0 Å². The molecule has 9 heteroatoms. The Bertz CT molecular complexity index is 761. The average molecular weight is 338 g/mol. The first-order valence-corrected chi connectivity index (χ1v) is 6.97. The van der Waals surface area contributed by atoms with E-state index in [2.05, 4.69) is 10.1 Å². The zero-order valence-corrected chi connectivity index (χ0v) is 12.7. The zero-order valence-electron chi connectivity index (χ0n) is 12.7. The number of pyridine rings is 1. The smallest absolute Gasteiger partial charge is 0.417 e. The standard InChI is InChI=1S/C15H13F3N4O2/c1-10-12(14(23)24-7-3-2-6-19)9-21-22(10)13-5-4-11(8-20-13)15(16,17)18/h4-5,8-9H,2-3,7H2,1H3. The number of esters is 1. The lowest BCUT2D eigenvalue weighted by Crippen LogP contribution is -2.10. The highest BCUT2D eigenvalue weighted by atomic mass is 19.4. The number of hydrogen-bond acceptors (Lipinski definition) is 5. The third kappa shape index (κ3) is 3.90. The SMILES string of the molecule is Cc1c(C(=O)OCCCC#N)cnn1-c1ccc(C(F)(F)F)cn1. The van der Waals surface area contributed by atoms with Crippen LogP contribution < -0.4 is 0 Å². The fourth-order valence-electron chi connectivity index (χ4n) is 1.91. The van der Waals surface area contributed by atoms with E-state index in [0.717, 1.165) is 6.07 Å². The van der Waals surface area contributed by atoms with Gasteiger partial charge in [0.15, 0.2) is 5.82 Å². The Labute approximate surface area is 135 Å². The van der Waals surface area contributed by atoms with Gasteiger partial charge in [0.1, 0.15) is 5.56 Å². The van der Waals surface area contributed by atoms with Crippen LogP contribution in [-0.2, 0) is 10.9 Å². The van der Waals surface area contributed by atoms with Crippen LogP contribution in [0.2, 0.25) is 0 Å². The molecule has 0 fully saturated rings. The van der Waals surface area contributed by atoms with Crippen LogP contribution in [-0.4, -0.2) is 27.3 Å². The average Bonchev–Trinajstić information content (AvgIpc) is 2.92. The second-order valence-corrected chi connectivity index (χ2v) is 4.86. The molecule has 2 aromatic heterocycles. The topological polar surface area (TPSA) is 80.8 Å².